The number of hydrogen-bond acceptors (Lipinski definition) is 11. The Morgan fingerprint density at radius 3 is 2.07 bits per heavy atom. The molecule has 0 saturated heterocycles. The smallest absolute Gasteiger partial charge is 0.321 e. The number of carboxylic acids is 2. The van der Waals surface area contributed by atoms with Gasteiger partial charge in [-0.2, -0.15) is 0 Å². The Morgan fingerprint density at radius 1 is 0.857 bits per heavy atom. The first kappa shape index (κ1) is 37.5. The molecule has 1 aliphatic carbocycles. The Balaban J connectivity index is 2.17. The fraction of sp³-hybridized carbons (Fsp3) is 0.786. The van der Waals surface area contributed by atoms with E-state index >= 15 is 0 Å². The number of ketones is 2. The van der Waals surface area contributed by atoms with Crippen LogP contribution in [0.25, 0.3) is 0 Å². The van der Waals surface area contributed by atoms with E-state index in [9.17, 15) is 39.0 Å². The fourth-order valence-corrected chi connectivity index (χ4v) is 5.01. The van der Waals surface area contributed by atoms with E-state index in [1.54, 1.807) is 7.11 Å². The summed E-state index contributed by atoms with van der Waals surface area (Å²) in [5.41, 5.74) is -1.85. The van der Waals surface area contributed by atoms with Crippen LogP contribution in [0.2, 0.25) is 0 Å². The topological polar surface area (TPSA) is 192 Å². The first-order valence-corrected chi connectivity index (χ1v) is 15.4. The number of carboxylic acid groups (broad SMARTS) is 2. The molecule has 0 aliphatic heterocycles. The van der Waals surface area contributed by atoms with Gasteiger partial charge in [-0.05, 0) is 45.4 Å². The minimum absolute atomic E-state index is 0.0550. The van der Waals surface area contributed by atoms with Crippen LogP contribution in [-0.4, -0.2) is 109 Å². The molecule has 14 heteroatoms. The van der Waals surface area contributed by atoms with Gasteiger partial charge in [0.15, 0.2) is 11.2 Å². The molecular formula is C28H45NO12S. The van der Waals surface area contributed by atoms with Crippen molar-refractivity contribution in [3.63, 3.8) is 0 Å². The van der Waals surface area contributed by atoms with Crippen LogP contribution in [0.1, 0.15) is 71.1 Å². The van der Waals surface area contributed by atoms with E-state index in [2.05, 4.69) is 5.32 Å². The summed E-state index contributed by atoms with van der Waals surface area (Å²) >= 11 is 1.02. The van der Waals surface area contributed by atoms with Crippen LogP contribution in [-0.2, 0) is 47.7 Å². The molecule has 0 spiro atoms. The zero-order valence-corrected chi connectivity index (χ0v) is 25.4. The highest BCUT2D eigenvalue weighted by Crippen LogP contribution is 2.38. The van der Waals surface area contributed by atoms with E-state index in [1.807, 2.05) is 0 Å². The Bertz CT molecular complexity index is 872. The van der Waals surface area contributed by atoms with Crippen molar-refractivity contribution < 1.29 is 57.9 Å². The van der Waals surface area contributed by atoms with Gasteiger partial charge in [-0.1, -0.05) is 12.8 Å². The molecule has 0 heterocycles. The van der Waals surface area contributed by atoms with E-state index in [4.69, 9.17) is 18.9 Å². The average Bonchev–Trinajstić information content (AvgIpc) is 2.93. The van der Waals surface area contributed by atoms with Crippen LogP contribution in [0.4, 0.5) is 0 Å². The number of unbranched alkanes of at least 4 members (excludes halogenated alkanes) is 2. The fourth-order valence-electron chi connectivity index (χ4n) is 4.40. The zero-order chi connectivity index (χ0) is 31.4. The maximum Gasteiger partial charge on any atom is 0.321 e. The standard InChI is InChI=1S/C28H45NO12S/c1-20(30)23(7-5-3-4-6-21(31)10-13-39-16-17-40-15-14-38-2)29-24(32)18-42-19-25(33)41-22-8-11-28(12-9-22,26(34)35)27(36)37/h22-23H,3-19H2,1-2H3,(H,29,32)(H,34,35)(H,36,37). The average molecular weight is 620 g/mol. The summed E-state index contributed by atoms with van der Waals surface area (Å²) in [6.45, 7) is 3.65. The lowest BCUT2D eigenvalue weighted by Gasteiger charge is -2.33. The van der Waals surface area contributed by atoms with Gasteiger partial charge in [0.05, 0.1) is 50.6 Å². The molecule has 0 aromatic rings. The van der Waals surface area contributed by atoms with Gasteiger partial charge in [-0.15, -0.1) is 11.8 Å². The molecule has 42 heavy (non-hydrogen) atoms. The summed E-state index contributed by atoms with van der Waals surface area (Å²) in [5, 5.41) is 21.2. The molecule has 13 nitrogen and oxygen atoms in total. The van der Waals surface area contributed by atoms with Crippen molar-refractivity contribution in [2.24, 2.45) is 5.41 Å². The molecule has 0 bridgehead atoms. The van der Waals surface area contributed by atoms with E-state index < -0.39 is 41.4 Å². The molecule has 1 saturated carbocycles. The van der Waals surface area contributed by atoms with Crippen molar-refractivity contribution in [2.45, 2.75) is 83.3 Å². The molecule has 1 fully saturated rings. The van der Waals surface area contributed by atoms with Crippen molar-refractivity contribution in [2.75, 3.05) is 51.6 Å². The van der Waals surface area contributed by atoms with Crippen molar-refractivity contribution in [3.05, 3.63) is 0 Å². The third-order valence-corrected chi connectivity index (χ3v) is 7.87. The molecule has 0 radical (unpaired) electrons. The maximum atomic E-state index is 12.3. The second kappa shape index (κ2) is 21.2. The number of amides is 1. The van der Waals surface area contributed by atoms with Gasteiger partial charge in [0.1, 0.15) is 11.9 Å². The van der Waals surface area contributed by atoms with Crippen molar-refractivity contribution in [1.82, 2.24) is 5.32 Å². The second-order valence-corrected chi connectivity index (χ2v) is 11.2. The van der Waals surface area contributed by atoms with E-state index in [1.165, 1.54) is 6.92 Å². The Labute approximate surface area is 250 Å². The number of carbonyl (C=O) groups is 6. The lowest BCUT2D eigenvalue weighted by Crippen LogP contribution is -2.44. The quantitative estimate of drug-likeness (QED) is 0.0808. The van der Waals surface area contributed by atoms with Gasteiger partial charge in [0.2, 0.25) is 5.91 Å². The number of carbonyl (C=O) groups excluding carboxylic acids is 4. The van der Waals surface area contributed by atoms with Crippen molar-refractivity contribution in [1.29, 1.82) is 0 Å². The molecule has 3 N–H and O–H groups in total. The van der Waals surface area contributed by atoms with Crippen LogP contribution < -0.4 is 5.32 Å². The van der Waals surface area contributed by atoms with Crippen LogP contribution in [0.5, 0.6) is 0 Å². The van der Waals surface area contributed by atoms with Gasteiger partial charge in [-0.25, -0.2) is 0 Å². The first-order chi connectivity index (χ1) is 20.0. The normalized spacial score (nSPS) is 15.5. The minimum atomic E-state index is -1.85. The highest BCUT2D eigenvalue weighted by Gasteiger charge is 2.49. The summed E-state index contributed by atoms with van der Waals surface area (Å²) in [6.07, 6.45) is 2.74. The number of hydrogen-bond donors (Lipinski definition) is 3. The summed E-state index contributed by atoms with van der Waals surface area (Å²) in [7, 11) is 1.60. The van der Waals surface area contributed by atoms with Gasteiger partial charge >= 0.3 is 17.9 Å². The molecule has 1 amide bonds. The predicted molar refractivity (Wildman–Crippen MR) is 152 cm³/mol. The van der Waals surface area contributed by atoms with E-state index in [0.29, 0.717) is 65.1 Å². The Kier molecular flexibility index (Phi) is 18.9. The molecule has 1 atom stereocenters. The summed E-state index contributed by atoms with van der Waals surface area (Å²) in [5.74, 6) is -3.99. The molecular weight excluding hydrogens is 574 g/mol. The molecule has 1 rings (SSSR count). The van der Waals surface area contributed by atoms with Crippen molar-refractivity contribution in [3.8, 4) is 0 Å². The Hall–Kier alpha value is -2.55. The summed E-state index contributed by atoms with van der Waals surface area (Å²) in [6, 6.07) is -0.647. The van der Waals surface area contributed by atoms with Gasteiger partial charge in [0, 0.05) is 20.0 Å². The van der Waals surface area contributed by atoms with E-state index in [0.717, 1.165) is 18.2 Å². The number of aliphatic carboxylic acids is 2. The molecule has 240 valence electrons. The highest BCUT2D eigenvalue weighted by molar-refractivity contribution is 8.00. The van der Waals surface area contributed by atoms with Gasteiger partial charge in [-0.3, -0.25) is 28.8 Å². The van der Waals surface area contributed by atoms with Gasteiger partial charge < -0.3 is 34.5 Å². The summed E-state index contributed by atoms with van der Waals surface area (Å²) < 4.78 is 20.8. The van der Waals surface area contributed by atoms with E-state index in [-0.39, 0.29) is 48.8 Å². The number of Topliss-reactive ketones (excluding diaryl/α,β-unsaturated/α-hetero) is 2. The highest BCUT2D eigenvalue weighted by atomic mass is 32.2. The number of thioether (sulfide) groups is 1. The maximum absolute atomic E-state index is 12.3. The predicted octanol–water partition coefficient (Wildman–Crippen LogP) is 2.02. The second-order valence-electron chi connectivity index (χ2n) is 10.2. The monoisotopic (exact) mass is 619 g/mol. The van der Waals surface area contributed by atoms with Crippen LogP contribution in [0, 0.1) is 5.41 Å². The van der Waals surface area contributed by atoms with Crippen LogP contribution >= 0.6 is 11.8 Å². The van der Waals surface area contributed by atoms with Crippen LogP contribution in [0.3, 0.4) is 0 Å². The SMILES string of the molecule is COCCOCCOCCC(=O)CCCCCC(NC(=O)CSCC(=O)OC1CCC(C(=O)O)(C(=O)O)CC1)C(C)=O. The Morgan fingerprint density at radius 2 is 1.48 bits per heavy atom. The minimum Gasteiger partial charge on any atom is -0.480 e. The lowest BCUT2D eigenvalue weighted by molar-refractivity contribution is -0.170. The lowest BCUT2D eigenvalue weighted by atomic mass is 9.73. The first-order valence-electron chi connectivity index (χ1n) is 14.2. The third-order valence-electron chi connectivity index (χ3n) is 6.96. The zero-order valence-electron chi connectivity index (χ0n) is 24.6. The number of methoxy groups -OCH3 is 1. The molecule has 1 unspecified atom stereocenters. The van der Waals surface area contributed by atoms with Crippen molar-refractivity contribution >= 4 is 47.1 Å². The number of ether oxygens (including phenoxy) is 4. The number of esters is 1. The van der Waals surface area contributed by atoms with Gasteiger partial charge in [0.25, 0.3) is 0 Å². The number of nitrogens with one attached hydrogen (secondary N) is 1. The van der Waals surface area contributed by atoms with Crippen LogP contribution in [0.15, 0.2) is 0 Å². The largest absolute Gasteiger partial charge is 0.480 e. The molecule has 0 aromatic heterocycles. The molecule has 0 aromatic carbocycles. The number of rotatable bonds is 24. The third kappa shape index (κ3) is 15.1. The molecule has 1 aliphatic rings. The summed E-state index contributed by atoms with van der Waals surface area (Å²) in [4.78, 5) is 71.2.